The van der Waals surface area contributed by atoms with E-state index in [1.165, 1.54) is 0 Å². The minimum Gasteiger partial charge on any atom is -0.378 e. The molecule has 2 aliphatic rings. The van der Waals surface area contributed by atoms with Crippen LogP contribution < -0.4 is 5.73 Å². The quantitative estimate of drug-likeness (QED) is 0.774. The number of rotatable bonds is 4. The fraction of sp³-hybridized carbons (Fsp3) is 0.917. The Hall–Kier alpha value is -0.610. The number of carbonyl (C=O) groups excluding carboxylic acids is 1. The number of nitrogens with zero attached hydrogens (tertiary/aromatic N) is 1. The molecule has 0 bridgehead atoms. The Morgan fingerprint density at radius 3 is 2.88 bits per heavy atom. The van der Waals surface area contributed by atoms with Crippen molar-refractivity contribution in [3.63, 3.8) is 0 Å². The van der Waals surface area contributed by atoms with Crippen molar-refractivity contribution in [3.8, 4) is 0 Å². The maximum Gasteiger partial charge on any atom is 0.225 e. The summed E-state index contributed by atoms with van der Waals surface area (Å²) in [5.41, 5.74) is 6.01. The summed E-state index contributed by atoms with van der Waals surface area (Å²) in [5, 5.41) is 0. The van der Waals surface area contributed by atoms with E-state index in [0.717, 1.165) is 45.4 Å². The molecule has 2 heterocycles. The Balaban J connectivity index is 1.72. The first-order chi connectivity index (χ1) is 7.63. The first kappa shape index (κ1) is 11.9. The summed E-state index contributed by atoms with van der Waals surface area (Å²) in [4.78, 5) is 13.7. The lowest BCUT2D eigenvalue weighted by Gasteiger charge is -2.48. The van der Waals surface area contributed by atoms with Crippen LogP contribution in [0.5, 0.6) is 0 Å². The number of likely N-dealkylation sites (tertiary alicyclic amines) is 1. The summed E-state index contributed by atoms with van der Waals surface area (Å²) in [6.07, 6.45) is 4.92. The van der Waals surface area contributed by atoms with E-state index < -0.39 is 0 Å². The predicted molar refractivity (Wildman–Crippen MR) is 62.0 cm³/mol. The zero-order valence-electron chi connectivity index (χ0n) is 10.1. The van der Waals surface area contributed by atoms with E-state index in [2.05, 4.69) is 6.92 Å². The van der Waals surface area contributed by atoms with Gasteiger partial charge in [-0.25, -0.2) is 0 Å². The second-order valence-corrected chi connectivity index (χ2v) is 5.20. The molecule has 0 spiro atoms. The first-order valence-corrected chi connectivity index (χ1v) is 6.31. The molecule has 16 heavy (non-hydrogen) atoms. The van der Waals surface area contributed by atoms with Gasteiger partial charge in [-0.1, -0.05) is 13.3 Å². The zero-order valence-corrected chi connectivity index (χ0v) is 10.1. The van der Waals surface area contributed by atoms with Crippen LogP contribution in [-0.4, -0.2) is 42.1 Å². The van der Waals surface area contributed by atoms with E-state index in [4.69, 9.17) is 10.5 Å². The summed E-state index contributed by atoms with van der Waals surface area (Å²) in [6, 6.07) is 0. The Kier molecular flexibility index (Phi) is 3.50. The van der Waals surface area contributed by atoms with Crippen molar-refractivity contribution in [3.05, 3.63) is 0 Å². The molecule has 0 saturated carbocycles. The van der Waals surface area contributed by atoms with Gasteiger partial charge in [0.2, 0.25) is 5.91 Å². The molecule has 0 aromatic heterocycles. The van der Waals surface area contributed by atoms with Crippen molar-refractivity contribution < 1.29 is 9.53 Å². The van der Waals surface area contributed by atoms with Crippen LogP contribution >= 0.6 is 0 Å². The van der Waals surface area contributed by atoms with Crippen LogP contribution in [0.2, 0.25) is 0 Å². The number of carbonyl (C=O) groups is 1. The van der Waals surface area contributed by atoms with Crippen LogP contribution in [0, 0.1) is 0 Å². The van der Waals surface area contributed by atoms with Gasteiger partial charge in [0.1, 0.15) is 0 Å². The molecule has 1 unspecified atom stereocenters. The highest BCUT2D eigenvalue weighted by molar-refractivity contribution is 5.78. The summed E-state index contributed by atoms with van der Waals surface area (Å²) in [7, 11) is 0. The third-order valence-corrected chi connectivity index (χ3v) is 3.54. The molecular weight excluding hydrogens is 204 g/mol. The molecule has 2 aliphatic heterocycles. The van der Waals surface area contributed by atoms with Gasteiger partial charge in [-0.3, -0.25) is 4.79 Å². The Bertz CT molecular complexity index is 256. The van der Waals surface area contributed by atoms with Gasteiger partial charge in [0.05, 0.1) is 18.1 Å². The van der Waals surface area contributed by atoms with E-state index in [-0.39, 0.29) is 17.6 Å². The van der Waals surface area contributed by atoms with Crippen molar-refractivity contribution in [2.45, 2.75) is 50.7 Å². The van der Waals surface area contributed by atoms with E-state index in [9.17, 15) is 4.79 Å². The molecule has 4 heteroatoms. The van der Waals surface area contributed by atoms with Crippen molar-refractivity contribution in [2.24, 2.45) is 5.73 Å². The Morgan fingerprint density at radius 1 is 1.56 bits per heavy atom. The number of amides is 1. The molecule has 2 saturated heterocycles. The lowest BCUT2D eigenvalue weighted by atomic mass is 9.86. The van der Waals surface area contributed by atoms with Gasteiger partial charge in [0, 0.05) is 19.7 Å². The Labute approximate surface area is 97.1 Å². The highest BCUT2D eigenvalue weighted by atomic mass is 16.5. The van der Waals surface area contributed by atoms with Crippen molar-refractivity contribution in [2.75, 3.05) is 19.7 Å². The zero-order chi connectivity index (χ0) is 11.6. The van der Waals surface area contributed by atoms with E-state index in [1.807, 2.05) is 4.90 Å². The Morgan fingerprint density at radius 2 is 2.31 bits per heavy atom. The SMILES string of the molecule is CCCC1(N)CN(C(=O)CC2CCCO2)C1. The standard InChI is InChI=1S/C12H22N2O2/c1-2-5-12(13)8-14(9-12)11(15)7-10-4-3-6-16-10/h10H,2-9,13H2,1H3. The number of nitrogens with two attached hydrogens (primary N) is 1. The summed E-state index contributed by atoms with van der Waals surface area (Å²) in [5.74, 6) is 0.212. The van der Waals surface area contributed by atoms with Crippen LogP contribution in [0.3, 0.4) is 0 Å². The molecule has 92 valence electrons. The molecule has 1 atom stereocenters. The molecule has 4 nitrogen and oxygen atoms in total. The number of hydrogen-bond acceptors (Lipinski definition) is 3. The second-order valence-electron chi connectivity index (χ2n) is 5.20. The highest BCUT2D eigenvalue weighted by Crippen LogP contribution is 2.25. The summed E-state index contributed by atoms with van der Waals surface area (Å²) < 4.78 is 5.46. The van der Waals surface area contributed by atoms with Gasteiger partial charge in [-0.05, 0) is 19.3 Å². The molecule has 0 aromatic rings. The van der Waals surface area contributed by atoms with Crippen LogP contribution in [0.15, 0.2) is 0 Å². The van der Waals surface area contributed by atoms with Gasteiger partial charge in [-0.2, -0.15) is 0 Å². The maximum atomic E-state index is 11.9. The minimum absolute atomic E-state index is 0.110. The van der Waals surface area contributed by atoms with Crippen molar-refractivity contribution in [1.29, 1.82) is 0 Å². The summed E-state index contributed by atoms with van der Waals surface area (Å²) >= 11 is 0. The van der Waals surface area contributed by atoms with Crippen LogP contribution in [0.1, 0.15) is 39.0 Å². The fourth-order valence-electron chi connectivity index (χ4n) is 2.68. The van der Waals surface area contributed by atoms with Gasteiger partial charge in [-0.15, -0.1) is 0 Å². The van der Waals surface area contributed by atoms with Gasteiger partial charge in [0.15, 0.2) is 0 Å². The van der Waals surface area contributed by atoms with Crippen LogP contribution in [0.4, 0.5) is 0 Å². The number of hydrogen-bond donors (Lipinski definition) is 1. The smallest absolute Gasteiger partial charge is 0.225 e. The minimum atomic E-state index is -0.110. The lowest BCUT2D eigenvalue weighted by Crippen LogP contribution is -2.68. The topological polar surface area (TPSA) is 55.6 Å². The normalized spacial score (nSPS) is 27.9. The monoisotopic (exact) mass is 226 g/mol. The first-order valence-electron chi connectivity index (χ1n) is 6.31. The van der Waals surface area contributed by atoms with Gasteiger partial charge in [0.25, 0.3) is 0 Å². The molecule has 0 radical (unpaired) electrons. The molecule has 2 fully saturated rings. The maximum absolute atomic E-state index is 11.9. The lowest BCUT2D eigenvalue weighted by molar-refractivity contribution is -0.141. The van der Waals surface area contributed by atoms with E-state index in [1.54, 1.807) is 0 Å². The molecule has 0 aromatic carbocycles. The van der Waals surface area contributed by atoms with Crippen molar-refractivity contribution in [1.82, 2.24) is 4.90 Å². The molecule has 2 N–H and O–H groups in total. The summed E-state index contributed by atoms with van der Waals surface area (Å²) in [6.45, 7) is 4.40. The number of ether oxygens (including phenoxy) is 1. The second kappa shape index (κ2) is 4.72. The van der Waals surface area contributed by atoms with Crippen molar-refractivity contribution >= 4 is 5.91 Å². The third kappa shape index (κ3) is 2.55. The highest BCUT2D eigenvalue weighted by Gasteiger charge is 2.41. The van der Waals surface area contributed by atoms with Crippen LogP contribution in [0.25, 0.3) is 0 Å². The predicted octanol–water partition coefficient (Wildman–Crippen LogP) is 0.895. The molecule has 0 aliphatic carbocycles. The average Bonchev–Trinajstić information content (AvgIpc) is 2.66. The van der Waals surface area contributed by atoms with Gasteiger partial charge >= 0.3 is 0 Å². The molecule has 2 rings (SSSR count). The van der Waals surface area contributed by atoms with E-state index in [0.29, 0.717) is 6.42 Å². The fourth-order valence-corrected chi connectivity index (χ4v) is 2.68. The molecular formula is C12H22N2O2. The van der Waals surface area contributed by atoms with Gasteiger partial charge < -0.3 is 15.4 Å². The van der Waals surface area contributed by atoms with E-state index >= 15 is 0 Å². The largest absolute Gasteiger partial charge is 0.378 e. The molecule has 1 amide bonds. The third-order valence-electron chi connectivity index (χ3n) is 3.54. The van der Waals surface area contributed by atoms with Crippen LogP contribution in [-0.2, 0) is 9.53 Å². The average molecular weight is 226 g/mol.